The topological polar surface area (TPSA) is 108 Å². The third kappa shape index (κ3) is 6.13. The largest absolute Gasteiger partial charge is 0.503 e. The Labute approximate surface area is 165 Å². The molecule has 0 aliphatic carbocycles. The van der Waals surface area contributed by atoms with Gasteiger partial charge in [-0.05, 0) is 46.1 Å². The van der Waals surface area contributed by atoms with E-state index in [-0.39, 0.29) is 24.7 Å². The Balaban J connectivity index is 1.89. The lowest BCUT2D eigenvalue weighted by Gasteiger charge is -2.20. The third-order valence-corrected chi connectivity index (χ3v) is 4.33. The quantitative estimate of drug-likeness (QED) is 0.503. The number of carbonyl (C=O) groups is 1. The number of rotatable bonds is 8. The van der Waals surface area contributed by atoms with Gasteiger partial charge in [0.15, 0.2) is 11.5 Å². The summed E-state index contributed by atoms with van der Waals surface area (Å²) in [5, 5.41) is 32.8. The highest BCUT2D eigenvalue weighted by atomic mass is 79.9. The highest BCUT2D eigenvalue weighted by Gasteiger charge is 2.22. The molecule has 2 rings (SSSR count). The minimum Gasteiger partial charge on any atom is -0.503 e. The number of benzene rings is 2. The summed E-state index contributed by atoms with van der Waals surface area (Å²) >= 11 is 3.18. The summed E-state index contributed by atoms with van der Waals surface area (Å²) in [6.07, 6.45) is -3.28. The van der Waals surface area contributed by atoms with Crippen LogP contribution in [0.5, 0.6) is 11.5 Å². The normalized spacial score (nSPS) is 12.9. The molecule has 0 spiro atoms. The van der Waals surface area contributed by atoms with E-state index in [9.17, 15) is 20.1 Å². The number of hydrogen-bond acceptors (Lipinski definition) is 6. The predicted molar refractivity (Wildman–Crippen MR) is 103 cm³/mol. The van der Waals surface area contributed by atoms with Gasteiger partial charge in [-0.25, -0.2) is 4.79 Å². The number of amides is 1. The van der Waals surface area contributed by atoms with Crippen LogP contribution in [-0.2, 0) is 11.3 Å². The maximum atomic E-state index is 11.7. The van der Waals surface area contributed by atoms with Crippen LogP contribution in [0.3, 0.4) is 0 Å². The lowest BCUT2D eigenvalue weighted by molar-refractivity contribution is 0.0182. The minimum atomic E-state index is -1.30. The zero-order valence-electron chi connectivity index (χ0n) is 14.8. The molecule has 4 N–H and O–H groups in total. The molecule has 2 aromatic rings. The molecular formula is C19H22BrNO6. The second-order valence-corrected chi connectivity index (χ2v) is 6.59. The van der Waals surface area contributed by atoms with Crippen LogP contribution < -0.4 is 10.1 Å². The second kappa shape index (κ2) is 10.1. The van der Waals surface area contributed by atoms with E-state index >= 15 is 0 Å². The van der Waals surface area contributed by atoms with Crippen molar-refractivity contribution in [3.8, 4) is 11.5 Å². The van der Waals surface area contributed by atoms with E-state index < -0.39 is 18.3 Å². The first-order valence-electron chi connectivity index (χ1n) is 8.38. The molecule has 2 atom stereocenters. The molecule has 0 bridgehead atoms. The van der Waals surface area contributed by atoms with Crippen LogP contribution in [0, 0.1) is 0 Å². The van der Waals surface area contributed by atoms with Gasteiger partial charge in [0.1, 0.15) is 18.8 Å². The number of aliphatic hydroxyl groups is 2. The van der Waals surface area contributed by atoms with E-state index in [1.165, 1.54) is 12.1 Å². The summed E-state index contributed by atoms with van der Waals surface area (Å²) in [7, 11) is 0. The van der Waals surface area contributed by atoms with Crippen molar-refractivity contribution in [3.05, 3.63) is 58.1 Å². The molecule has 7 nitrogen and oxygen atoms in total. The van der Waals surface area contributed by atoms with Gasteiger partial charge in [-0.3, -0.25) is 0 Å². The number of ether oxygens (including phenoxy) is 2. The first-order chi connectivity index (χ1) is 12.9. The van der Waals surface area contributed by atoms with Crippen molar-refractivity contribution >= 4 is 22.0 Å². The van der Waals surface area contributed by atoms with Crippen LogP contribution >= 0.6 is 15.9 Å². The van der Waals surface area contributed by atoms with Crippen molar-refractivity contribution in [2.24, 2.45) is 0 Å². The number of hydrogen-bond donors (Lipinski definition) is 4. The number of nitrogens with one attached hydrogen (secondary N) is 1. The fourth-order valence-corrected chi connectivity index (χ4v) is 2.79. The summed E-state index contributed by atoms with van der Waals surface area (Å²) in [5.41, 5.74) is 1.17. The third-order valence-electron chi connectivity index (χ3n) is 3.72. The molecule has 1 amide bonds. The molecule has 27 heavy (non-hydrogen) atoms. The summed E-state index contributed by atoms with van der Waals surface area (Å²) < 4.78 is 10.7. The summed E-state index contributed by atoms with van der Waals surface area (Å²) in [4.78, 5) is 11.7. The average Bonchev–Trinajstić information content (AvgIpc) is 2.68. The lowest BCUT2D eigenvalue weighted by atomic mass is 10.0. The lowest BCUT2D eigenvalue weighted by Crippen LogP contribution is -2.35. The number of halogens is 1. The fourth-order valence-electron chi connectivity index (χ4n) is 2.33. The fraction of sp³-hybridized carbons (Fsp3) is 0.316. The van der Waals surface area contributed by atoms with Crippen LogP contribution in [-0.4, -0.2) is 40.7 Å². The number of phenols is 1. The van der Waals surface area contributed by atoms with Crippen LogP contribution in [0.4, 0.5) is 4.79 Å². The standard InChI is InChI=1S/C19H22BrNO6/c1-2-26-16-9-13(8-14(20)18(16)24)17(23)15(22)10-21-19(25)27-11-12-6-4-3-5-7-12/h3-9,15,17,22-24H,2,10-11H2,1H3,(H,21,25). The van der Waals surface area contributed by atoms with Crippen LogP contribution in [0.2, 0.25) is 0 Å². The molecule has 2 unspecified atom stereocenters. The van der Waals surface area contributed by atoms with E-state index in [0.717, 1.165) is 5.56 Å². The summed E-state index contributed by atoms with van der Waals surface area (Å²) in [5.74, 6) is 0.0910. The molecule has 0 aromatic heterocycles. The van der Waals surface area contributed by atoms with Crippen molar-refractivity contribution in [1.82, 2.24) is 5.32 Å². The van der Waals surface area contributed by atoms with Gasteiger partial charge in [0, 0.05) is 6.54 Å². The average molecular weight is 440 g/mol. The molecule has 8 heteroatoms. The Hall–Kier alpha value is -2.29. The van der Waals surface area contributed by atoms with Crippen LogP contribution in [0.25, 0.3) is 0 Å². The van der Waals surface area contributed by atoms with Crippen LogP contribution in [0.15, 0.2) is 46.9 Å². The van der Waals surface area contributed by atoms with E-state index in [1.807, 2.05) is 30.3 Å². The van der Waals surface area contributed by atoms with Crippen molar-refractivity contribution in [3.63, 3.8) is 0 Å². The Kier molecular flexibility index (Phi) is 7.90. The molecule has 0 fully saturated rings. The van der Waals surface area contributed by atoms with E-state index in [2.05, 4.69) is 21.2 Å². The molecule has 0 saturated heterocycles. The molecular weight excluding hydrogens is 418 g/mol. The van der Waals surface area contributed by atoms with Gasteiger partial charge in [-0.1, -0.05) is 30.3 Å². The van der Waals surface area contributed by atoms with E-state index in [0.29, 0.717) is 16.6 Å². The molecule has 146 valence electrons. The van der Waals surface area contributed by atoms with E-state index in [1.54, 1.807) is 6.92 Å². The summed E-state index contributed by atoms with van der Waals surface area (Å²) in [6.45, 7) is 1.98. The molecule has 0 heterocycles. The summed E-state index contributed by atoms with van der Waals surface area (Å²) in [6, 6.07) is 12.1. The Bertz CT molecular complexity index is 755. The van der Waals surface area contributed by atoms with Gasteiger partial charge in [0.05, 0.1) is 11.1 Å². The van der Waals surface area contributed by atoms with Crippen molar-refractivity contribution in [2.45, 2.75) is 25.7 Å². The zero-order chi connectivity index (χ0) is 19.8. The highest BCUT2D eigenvalue weighted by Crippen LogP contribution is 2.37. The molecule has 0 radical (unpaired) electrons. The zero-order valence-corrected chi connectivity index (χ0v) is 16.3. The van der Waals surface area contributed by atoms with Crippen molar-refractivity contribution in [1.29, 1.82) is 0 Å². The molecule has 2 aromatic carbocycles. The Morgan fingerprint density at radius 1 is 1.22 bits per heavy atom. The Morgan fingerprint density at radius 2 is 1.93 bits per heavy atom. The molecule has 0 saturated carbocycles. The minimum absolute atomic E-state index is 0.0927. The molecule has 0 aliphatic heterocycles. The molecule has 0 aliphatic rings. The smallest absolute Gasteiger partial charge is 0.407 e. The number of aliphatic hydroxyl groups excluding tert-OH is 2. The highest BCUT2D eigenvalue weighted by molar-refractivity contribution is 9.10. The maximum Gasteiger partial charge on any atom is 0.407 e. The maximum absolute atomic E-state index is 11.7. The SMILES string of the molecule is CCOc1cc(C(O)C(O)CNC(=O)OCc2ccccc2)cc(Br)c1O. The Morgan fingerprint density at radius 3 is 2.59 bits per heavy atom. The second-order valence-electron chi connectivity index (χ2n) is 5.74. The van der Waals surface area contributed by atoms with Crippen molar-refractivity contribution in [2.75, 3.05) is 13.2 Å². The number of carbonyl (C=O) groups excluding carboxylic acids is 1. The van der Waals surface area contributed by atoms with Gasteiger partial charge in [-0.15, -0.1) is 0 Å². The van der Waals surface area contributed by atoms with E-state index in [4.69, 9.17) is 9.47 Å². The van der Waals surface area contributed by atoms with Gasteiger partial charge >= 0.3 is 6.09 Å². The van der Waals surface area contributed by atoms with Crippen LogP contribution in [0.1, 0.15) is 24.2 Å². The number of alkyl carbamates (subject to hydrolysis) is 1. The first kappa shape index (κ1) is 21.0. The van der Waals surface area contributed by atoms with Gasteiger partial charge in [0.25, 0.3) is 0 Å². The first-order valence-corrected chi connectivity index (χ1v) is 9.17. The van der Waals surface area contributed by atoms with Gasteiger partial charge in [0.2, 0.25) is 0 Å². The van der Waals surface area contributed by atoms with Gasteiger partial charge in [-0.2, -0.15) is 0 Å². The van der Waals surface area contributed by atoms with Crippen molar-refractivity contribution < 1.29 is 29.6 Å². The number of phenolic OH excluding ortho intramolecular Hbond substituents is 1. The van der Waals surface area contributed by atoms with Gasteiger partial charge < -0.3 is 30.1 Å². The predicted octanol–water partition coefficient (Wildman–Crippen LogP) is 2.87. The number of aromatic hydroxyl groups is 1. The monoisotopic (exact) mass is 439 g/mol.